The molecule has 0 aliphatic rings. The second-order valence-electron chi connectivity index (χ2n) is 18.8. The van der Waals surface area contributed by atoms with E-state index in [1.807, 2.05) is 0 Å². The molecule has 0 unspecified atom stereocenters. The molecule has 0 saturated carbocycles. The summed E-state index contributed by atoms with van der Waals surface area (Å²) >= 11 is 0. The van der Waals surface area contributed by atoms with Crippen molar-refractivity contribution in [1.82, 2.24) is 13.7 Å². The predicted octanol–water partition coefficient (Wildman–Crippen LogP) is 15.9. The van der Waals surface area contributed by atoms with E-state index in [2.05, 4.69) is 254 Å². The number of hydrogen-bond donors (Lipinski definition) is 0. The van der Waals surface area contributed by atoms with Crippen LogP contribution in [0.5, 0.6) is 0 Å². The first-order valence-corrected chi connectivity index (χ1v) is 21.8. The Morgan fingerprint density at radius 3 is 1.56 bits per heavy atom. The summed E-state index contributed by atoms with van der Waals surface area (Å²) < 4.78 is 7.15. The molecule has 0 spiro atoms. The predicted molar refractivity (Wildman–Crippen MR) is 264 cm³/mol. The van der Waals surface area contributed by atoms with Crippen molar-refractivity contribution >= 4 is 71.6 Å². The van der Waals surface area contributed by atoms with Crippen LogP contribution in [0.2, 0.25) is 0 Å². The number of nitrogens with zero attached hydrogens (tertiary/aromatic N) is 4. The highest BCUT2D eigenvalue weighted by atomic mass is 15.1. The van der Waals surface area contributed by atoms with Crippen LogP contribution < -0.4 is 4.90 Å². The Morgan fingerprint density at radius 1 is 0.339 bits per heavy atom. The van der Waals surface area contributed by atoms with Gasteiger partial charge in [-0.1, -0.05) is 126 Å². The lowest BCUT2D eigenvalue weighted by Gasteiger charge is -2.27. The van der Waals surface area contributed by atoms with Gasteiger partial charge in [-0.05, 0) is 125 Å². The number of hydrogen-bond acceptors (Lipinski definition) is 1. The van der Waals surface area contributed by atoms with Gasteiger partial charge in [-0.25, -0.2) is 0 Å². The third-order valence-electron chi connectivity index (χ3n) is 12.8. The molecule has 0 saturated heterocycles. The van der Waals surface area contributed by atoms with Gasteiger partial charge in [0.2, 0.25) is 0 Å². The van der Waals surface area contributed by atoms with Gasteiger partial charge in [-0.2, -0.15) is 0 Å². The molecule has 0 bridgehead atoms. The zero-order valence-electron chi connectivity index (χ0n) is 36.3. The number of anilines is 3. The number of fused-ring (bicyclic) bond motifs is 8. The Labute approximate surface area is 363 Å². The average molecular weight is 803 g/mol. The maximum absolute atomic E-state index is 2.44. The van der Waals surface area contributed by atoms with Crippen LogP contribution in [-0.4, -0.2) is 13.7 Å². The summed E-state index contributed by atoms with van der Waals surface area (Å²) in [6, 6.07) is 69.4. The Morgan fingerprint density at radius 2 is 0.855 bits per heavy atom. The first-order valence-electron chi connectivity index (χ1n) is 21.8. The molecule has 3 aromatic heterocycles. The van der Waals surface area contributed by atoms with Crippen LogP contribution in [0.4, 0.5) is 17.1 Å². The number of aromatic nitrogens is 3. The van der Waals surface area contributed by atoms with Gasteiger partial charge in [0.15, 0.2) is 0 Å². The van der Waals surface area contributed by atoms with Gasteiger partial charge in [-0.3, -0.25) is 0 Å². The van der Waals surface area contributed by atoms with E-state index in [4.69, 9.17) is 0 Å². The minimum absolute atomic E-state index is 0.0408. The molecule has 8 aromatic carbocycles. The maximum atomic E-state index is 2.44. The van der Waals surface area contributed by atoms with Gasteiger partial charge in [0.25, 0.3) is 0 Å². The van der Waals surface area contributed by atoms with Gasteiger partial charge in [-0.15, -0.1) is 0 Å². The van der Waals surface area contributed by atoms with E-state index in [1.165, 1.54) is 71.3 Å². The van der Waals surface area contributed by atoms with E-state index in [0.29, 0.717) is 0 Å². The molecule has 4 nitrogen and oxygen atoms in total. The number of para-hydroxylation sites is 3. The first kappa shape index (κ1) is 37.7. The molecule has 302 valence electrons. The normalized spacial score (nSPS) is 12.4. The van der Waals surface area contributed by atoms with E-state index >= 15 is 0 Å². The maximum Gasteiger partial charge on any atom is 0.0548 e. The fourth-order valence-electron chi connectivity index (χ4n) is 9.59. The van der Waals surface area contributed by atoms with Crippen molar-refractivity contribution in [2.45, 2.75) is 52.4 Å². The van der Waals surface area contributed by atoms with Crippen molar-refractivity contribution in [1.29, 1.82) is 0 Å². The third kappa shape index (κ3) is 6.12. The quantitative estimate of drug-likeness (QED) is 0.164. The number of rotatable bonds is 6. The van der Waals surface area contributed by atoms with Crippen molar-refractivity contribution in [3.05, 3.63) is 205 Å². The smallest absolute Gasteiger partial charge is 0.0548 e. The summed E-state index contributed by atoms with van der Waals surface area (Å²) in [5, 5.41) is 6.21. The third-order valence-corrected chi connectivity index (χ3v) is 12.8. The minimum Gasteiger partial charge on any atom is -0.317 e. The summed E-state index contributed by atoms with van der Waals surface area (Å²) in [5.41, 5.74) is 15.5. The molecule has 0 aliphatic carbocycles. The van der Waals surface area contributed by atoms with Crippen molar-refractivity contribution in [3.8, 4) is 17.1 Å². The van der Waals surface area contributed by atoms with Gasteiger partial charge >= 0.3 is 0 Å². The average Bonchev–Trinajstić information content (AvgIpc) is 3.97. The van der Waals surface area contributed by atoms with Crippen LogP contribution in [0.15, 0.2) is 194 Å². The molecule has 3 heterocycles. The van der Waals surface area contributed by atoms with E-state index in [0.717, 1.165) is 28.4 Å². The van der Waals surface area contributed by atoms with Crippen LogP contribution in [0.25, 0.3) is 71.6 Å². The zero-order valence-corrected chi connectivity index (χ0v) is 36.3. The van der Waals surface area contributed by atoms with Crippen molar-refractivity contribution in [3.63, 3.8) is 0 Å². The van der Waals surface area contributed by atoms with Crippen molar-refractivity contribution < 1.29 is 0 Å². The van der Waals surface area contributed by atoms with Crippen LogP contribution in [0, 0.1) is 0 Å². The molecule has 0 N–H and O–H groups in total. The molecule has 11 rings (SSSR count). The van der Waals surface area contributed by atoms with Crippen molar-refractivity contribution in [2.75, 3.05) is 4.90 Å². The fourth-order valence-corrected chi connectivity index (χ4v) is 9.59. The summed E-state index contributed by atoms with van der Waals surface area (Å²) in [4.78, 5) is 2.42. The SMILES string of the molecule is CC(C)(C)c1ccc(N(c2cccc(-n3c4ccccc4c4c5ccn(-c6ccccc6)c5ccc43)c2)c2ccc3c(c2)c2ccccc2n3-c2ccc(C(C)(C)C)cc2)cc1. The summed E-state index contributed by atoms with van der Waals surface area (Å²) in [6.45, 7) is 13.6. The Hall–Kier alpha value is -7.30. The van der Waals surface area contributed by atoms with Crippen LogP contribution in [0.3, 0.4) is 0 Å². The lowest BCUT2D eigenvalue weighted by atomic mass is 9.87. The molecule has 62 heavy (non-hydrogen) atoms. The molecule has 4 heteroatoms. The molecule has 0 fully saturated rings. The summed E-state index contributed by atoms with van der Waals surface area (Å²) in [6.07, 6.45) is 2.20. The van der Waals surface area contributed by atoms with E-state index in [1.54, 1.807) is 0 Å². The summed E-state index contributed by atoms with van der Waals surface area (Å²) in [7, 11) is 0. The molecule has 11 aromatic rings. The first-order chi connectivity index (χ1) is 30.0. The molecule has 0 radical (unpaired) electrons. The molecule has 0 aliphatic heterocycles. The number of benzene rings is 8. The highest BCUT2D eigenvalue weighted by Gasteiger charge is 2.22. The van der Waals surface area contributed by atoms with Gasteiger partial charge < -0.3 is 18.6 Å². The van der Waals surface area contributed by atoms with Crippen LogP contribution >= 0.6 is 0 Å². The molecule has 0 amide bonds. The Balaban J connectivity index is 1.10. The van der Waals surface area contributed by atoms with Gasteiger partial charge in [0.1, 0.15) is 0 Å². The molecule has 0 atom stereocenters. The highest BCUT2D eigenvalue weighted by Crippen LogP contribution is 2.43. The Kier molecular flexibility index (Phi) is 8.59. The van der Waals surface area contributed by atoms with E-state index in [-0.39, 0.29) is 10.8 Å². The topological polar surface area (TPSA) is 18.0 Å². The monoisotopic (exact) mass is 802 g/mol. The van der Waals surface area contributed by atoms with E-state index < -0.39 is 0 Å². The minimum atomic E-state index is 0.0408. The highest BCUT2D eigenvalue weighted by molar-refractivity contribution is 6.21. The largest absolute Gasteiger partial charge is 0.317 e. The Bertz CT molecular complexity index is 3460. The fraction of sp³-hybridized carbons (Fsp3) is 0.138. The molecular formula is C58H50N4. The standard InChI is InChI=1S/C58H50N4/c1-57(2,3)39-23-27-42(28-24-39)60(46-31-32-54-50(38-46)47-19-10-12-21-52(47)61(54)43-29-25-40(26-30-43)58(4,5)6)44-17-14-18-45(37-44)62-53-22-13-11-20-48(53)56-49-35-36-59(41-15-8-7-9-16-41)51(49)33-34-55(56)62/h7-38H,1-6H3. The van der Waals surface area contributed by atoms with E-state index in [9.17, 15) is 0 Å². The van der Waals surface area contributed by atoms with Crippen LogP contribution in [-0.2, 0) is 10.8 Å². The molecular weight excluding hydrogens is 753 g/mol. The van der Waals surface area contributed by atoms with Crippen LogP contribution in [0.1, 0.15) is 52.7 Å². The van der Waals surface area contributed by atoms with Gasteiger partial charge in [0.05, 0.1) is 27.6 Å². The second-order valence-corrected chi connectivity index (χ2v) is 18.8. The zero-order chi connectivity index (χ0) is 42.3. The second kappa shape index (κ2) is 14.1. The van der Waals surface area contributed by atoms with Gasteiger partial charge in [0, 0.05) is 67.3 Å². The van der Waals surface area contributed by atoms with Crippen molar-refractivity contribution in [2.24, 2.45) is 0 Å². The summed E-state index contributed by atoms with van der Waals surface area (Å²) in [5.74, 6) is 0. The lowest BCUT2D eigenvalue weighted by Crippen LogP contribution is -2.13. The lowest BCUT2D eigenvalue weighted by molar-refractivity contribution is 0.590.